The molecule has 1 saturated heterocycles. The van der Waals surface area contributed by atoms with E-state index in [9.17, 15) is 13.2 Å². The predicted molar refractivity (Wildman–Crippen MR) is 128 cm³/mol. The maximum Gasteiger partial charge on any atom is 0.257 e. The van der Waals surface area contributed by atoms with Crippen molar-refractivity contribution in [3.05, 3.63) is 64.9 Å². The van der Waals surface area contributed by atoms with Gasteiger partial charge in [0, 0.05) is 72.8 Å². The van der Waals surface area contributed by atoms with Crippen LogP contribution in [0.4, 0.5) is 22.0 Å². The van der Waals surface area contributed by atoms with Gasteiger partial charge in [0.2, 0.25) is 0 Å². The first-order valence-electron chi connectivity index (χ1n) is 12.3. The smallest absolute Gasteiger partial charge is 0.257 e. The molecule has 0 amide bonds. The van der Waals surface area contributed by atoms with Gasteiger partial charge in [-0.05, 0) is 25.0 Å². The fourth-order valence-electron chi connectivity index (χ4n) is 5.54. The van der Waals surface area contributed by atoms with Crippen LogP contribution in [0, 0.1) is 17.6 Å². The first-order valence-corrected chi connectivity index (χ1v) is 12.3. The summed E-state index contributed by atoms with van der Waals surface area (Å²) >= 11 is 0. The Bertz CT molecular complexity index is 1210. The molecule has 2 aliphatic heterocycles. The number of hydrogen-bond donors (Lipinski definition) is 1. The average Bonchev–Trinajstić information content (AvgIpc) is 3.14. The Balaban J connectivity index is 1.47. The highest BCUT2D eigenvalue weighted by Gasteiger charge is 2.42. The number of alkyl halides is 3. The van der Waals surface area contributed by atoms with Crippen LogP contribution in [0.5, 0.6) is 5.75 Å². The lowest BCUT2D eigenvalue weighted by atomic mass is 9.87. The second kappa shape index (κ2) is 9.67. The molecule has 1 aromatic heterocycles. The molecule has 36 heavy (non-hydrogen) atoms. The minimum absolute atomic E-state index is 0.0319. The highest BCUT2D eigenvalue weighted by molar-refractivity contribution is 5.85. The van der Waals surface area contributed by atoms with Gasteiger partial charge in [-0.3, -0.25) is 14.2 Å². The summed E-state index contributed by atoms with van der Waals surface area (Å²) in [5, 5.41) is 0.925. The quantitative estimate of drug-likeness (QED) is 0.396. The molecule has 0 spiro atoms. The van der Waals surface area contributed by atoms with Gasteiger partial charge in [-0.1, -0.05) is 18.2 Å². The van der Waals surface area contributed by atoms with Crippen molar-refractivity contribution >= 4 is 10.9 Å². The Hall–Kier alpha value is -2.65. The minimum atomic E-state index is -3.05. The van der Waals surface area contributed by atoms with E-state index in [1.54, 1.807) is 6.92 Å². The number of benzene rings is 2. The van der Waals surface area contributed by atoms with Crippen LogP contribution < -0.4 is 4.74 Å². The molecule has 0 saturated carbocycles. The molecule has 1 fully saturated rings. The maximum atomic E-state index is 15.5. The fourth-order valence-corrected chi connectivity index (χ4v) is 5.54. The number of hydrogen-bond acceptors (Lipinski definition) is 3. The number of halogens is 5. The van der Waals surface area contributed by atoms with Gasteiger partial charge >= 0.3 is 0 Å². The van der Waals surface area contributed by atoms with Crippen molar-refractivity contribution in [1.29, 1.82) is 0 Å². The summed E-state index contributed by atoms with van der Waals surface area (Å²) in [4.78, 5) is 6.74. The van der Waals surface area contributed by atoms with Crippen molar-refractivity contribution in [2.75, 3.05) is 39.5 Å². The van der Waals surface area contributed by atoms with Crippen molar-refractivity contribution < 1.29 is 26.7 Å². The van der Waals surface area contributed by atoms with Crippen LogP contribution >= 0.6 is 0 Å². The second-order valence-corrected chi connectivity index (χ2v) is 10.2. The topological polar surface area (TPSA) is 31.5 Å². The monoisotopic (exact) mass is 507 g/mol. The van der Waals surface area contributed by atoms with E-state index in [-0.39, 0.29) is 36.6 Å². The molecule has 194 valence electrons. The molecule has 0 aliphatic carbocycles. The van der Waals surface area contributed by atoms with E-state index in [1.807, 2.05) is 29.2 Å². The summed E-state index contributed by atoms with van der Waals surface area (Å²) in [6.45, 7) is 3.65. The first-order chi connectivity index (χ1) is 17.1. The van der Waals surface area contributed by atoms with Crippen LogP contribution in [0.3, 0.4) is 0 Å². The average molecular weight is 508 g/mol. The Kier molecular flexibility index (Phi) is 6.72. The van der Waals surface area contributed by atoms with Gasteiger partial charge in [0.1, 0.15) is 24.0 Å². The standard InChI is InChI=1S/C27H30F5N3O/c1-16-9-20-19-5-3-4-6-23(19)33-25(20)26(35(16)15-27(2,31)32)24-21(29)10-18(11-22(24)30)36-8-7-34-13-17(12-28)14-34/h3-6,10-11,16-17,26,33H,7-9,12-15H2,1-2H3/t16?,26-/m1/s1. The molecule has 0 bridgehead atoms. The fraction of sp³-hybridized carbons (Fsp3) is 0.481. The van der Waals surface area contributed by atoms with E-state index in [1.165, 1.54) is 4.90 Å². The predicted octanol–water partition coefficient (Wildman–Crippen LogP) is 5.72. The molecular weight excluding hydrogens is 477 g/mol. The molecule has 5 rings (SSSR count). The summed E-state index contributed by atoms with van der Waals surface area (Å²) in [7, 11) is 0. The van der Waals surface area contributed by atoms with Gasteiger partial charge in [0.05, 0.1) is 19.3 Å². The number of aromatic amines is 1. The van der Waals surface area contributed by atoms with Crippen molar-refractivity contribution in [2.24, 2.45) is 5.92 Å². The van der Waals surface area contributed by atoms with E-state index in [2.05, 4.69) is 4.98 Å². The number of likely N-dealkylation sites (tertiary alicyclic amines) is 1. The molecule has 0 radical (unpaired) electrons. The van der Waals surface area contributed by atoms with Crippen molar-refractivity contribution in [3.8, 4) is 5.75 Å². The third-order valence-corrected chi connectivity index (χ3v) is 7.23. The molecule has 2 aromatic carbocycles. The van der Waals surface area contributed by atoms with E-state index in [4.69, 9.17) is 4.74 Å². The Morgan fingerprint density at radius 3 is 2.47 bits per heavy atom. The lowest BCUT2D eigenvalue weighted by Gasteiger charge is -2.42. The van der Waals surface area contributed by atoms with Crippen LogP contribution in [-0.4, -0.2) is 66.2 Å². The van der Waals surface area contributed by atoms with Gasteiger partial charge in [-0.25, -0.2) is 17.6 Å². The van der Waals surface area contributed by atoms with Crippen LogP contribution in [-0.2, 0) is 6.42 Å². The molecule has 2 aliphatic rings. The molecule has 3 aromatic rings. The highest BCUT2D eigenvalue weighted by atomic mass is 19.3. The number of H-pyrrole nitrogens is 1. The summed E-state index contributed by atoms with van der Waals surface area (Å²) in [6.07, 6.45) is 0.482. The third-order valence-electron chi connectivity index (χ3n) is 7.23. The van der Waals surface area contributed by atoms with Crippen molar-refractivity contribution in [1.82, 2.24) is 14.8 Å². The van der Waals surface area contributed by atoms with E-state index in [0.29, 0.717) is 31.7 Å². The van der Waals surface area contributed by atoms with Gasteiger partial charge in [-0.2, -0.15) is 0 Å². The molecule has 9 heteroatoms. The second-order valence-electron chi connectivity index (χ2n) is 10.2. The Labute approximate surface area is 207 Å². The van der Waals surface area contributed by atoms with Crippen LogP contribution in [0.15, 0.2) is 36.4 Å². The van der Waals surface area contributed by atoms with Crippen molar-refractivity contribution in [2.45, 2.75) is 38.3 Å². The number of nitrogens with one attached hydrogen (secondary N) is 1. The van der Waals surface area contributed by atoms with E-state index in [0.717, 1.165) is 35.5 Å². The van der Waals surface area contributed by atoms with Crippen LogP contribution in [0.1, 0.15) is 36.7 Å². The molecule has 2 atom stereocenters. The molecule has 3 heterocycles. The number of ether oxygens (including phenoxy) is 1. The highest BCUT2D eigenvalue weighted by Crippen LogP contribution is 2.43. The molecule has 1 unspecified atom stereocenters. The summed E-state index contributed by atoms with van der Waals surface area (Å²) < 4.78 is 77.7. The Morgan fingerprint density at radius 2 is 1.81 bits per heavy atom. The first kappa shape index (κ1) is 25.0. The SMILES string of the molecule is CC1Cc2c([nH]c3ccccc23)[C@@H](c2c(F)cc(OCCN3CC(CF)C3)cc2F)N1CC(C)(F)F. The van der Waals surface area contributed by atoms with E-state index >= 15 is 8.78 Å². The maximum absolute atomic E-state index is 15.5. The van der Waals surface area contributed by atoms with Gasteiger partial charge in [0.25, 0.3) is 5.92 Å². The zero-order valence-electron chi connectivity index (χ0n) is 20.3. The zero-order valence-corrected chi connectivity index (χ0v) is 20.3. The van der Waals surface area contributed by atoms with Gasteiger partial charge in [-0.15, -0.1) is 0 Å². The number of fused-ring (bicyclic) bond motifs is 3. The van der Waals surface area contributed by atoms with Crippen LogP contribution in [0.25, 0.3) is 10.9 Å². The van der Waals surface area contributed by atoms with Crippen LogP contribution in [0.2, 0.25) is 0 Å². The lowest BCUT2D eigenvalue weighted by Crippen LogP contribution is -2.49. The third kappa shape index (κ3) is 4.83. The van der Waals surface area contributed by atoms with Gasteiger partial charge in [0.15, 0.2) is 0 Å². The summed E-state index contributed by atoms with van der Waals surface area (Å²) in [5.41, 5.74) is 1.94. The number of para-hydroxylation sites is 1. The van der Waals surface area contributed by atoms with E-state index < -0.39 is 30.1 Å². The van der Waals surface area contributed by atoms with Gasteiger partial charge < -0.3 is 9.72 Å². The molecule has 4 nitrogen and oxygen atoms in total. The molecular formula is C27H30F5N3O. The molecule has 1 N–H and O–H groups in total. The Morgan fingerprint density at radius 1 is 1.11 bits per heavy atom. The normalized spacial score (nSPS) is 21.5. The largest absolute Gasteiger partial charge is 0.492 e. The summed E-state index contributed by atoms with van der Waals surface area (Å²) in [5.74, 6) is -4.67. The lowest BCUT2D eigenvalue weighted by molar-refractivity contribution is -0.0374. The number of rotatable bonds is 8. The zero-order chi connectivity index (χ0) is 25.6. The minimum Gasteiger partial charge on any atom is -0.492 e. The van der Waals surface area contributed by atoms with Crippen molar-refractivity contribution in [3.63, 3.8) is 0 Å². The number of aromatic nitrogens is 1. The summed E-state index contributed by atoms with van der Waals surface area (Å²) in [6, 6.07) is 8.34. The number of nitrogens with zero attached hydrogens (tertiary/aromatic N) is 2.